The summed E-state index contributed by atoms with van der Waals surface area (Å²) in [6, 6.07) is 11.5. The molecule has 0 bridgehead atoms. The van der Waals surface area contributed by atoms with Crippen molar-refractivity contribution < 1.29 is 9.47 Å². The molecular weight excluding hydrogens is 242 g/mol. The number of hydrogen-bond donors (Lipinski definition) is 1. The summed E-state index contributed by atoms with van der Waals surface area (Å²) in [5.74, 6) is 2.20. The molecule has 19 heavy (non-hydrogen) atoms. The van der Waals surface area contributed by atoms with Crippen LogP contribution in [0.15, 0.2) is 42.7 Å². The lowest BCUT2D eigenvalue weighted by Gasteiger charge is -2.08. The Morgan fingerprint density at radius 1 is 1.16 bits per heavy atom. The van der Waals surface area contributed by atoms with E-state index in [9.17, 15) is 0 Å². The van der Waals surface area contributed by atoms with Gasteiger partial charge in [-0.15, -0.1) is 0 Å². The van der Waals surface area contributed by atoms with Gasteiger partial charge in [0, 0.05) is 12.6 Å². The molecule has 0 aliphatic heterocycles. The van der Waals surface area contributed by atoms with Crippen LogP contribution in [0.5, 0.6) is 11.6 Å². The number of nitrogens with one attached hydrogen (secondary N) is 1. The van der Waals surface area contributed by atoms with Crippen molar-refractivity contribution in [3.05, 3.63) is 42.7 Å². The van der Waals surface area contributed by atoms with E-state index in [-0.39, 0.29) is 0 Å². The fourth-order valence-electron chi connectivity index (χ4n) is 1.54. The van der Waals surface area contributed by atoms with Crippen LogP contribution in [-0.2, 0) is 0 Å². The number of para-hydroxylation sites is 1. The van der Waals surface area contributed by atoms with Gasteiger partial charge in [-0.05, 0) is 18.6 Å². The molecule has 2 rings (SSSR count). The molecule has 1 N–H and O–H groups in total. The number of anilines is 1. The van der Waals surface area contributed by atoms with Gasteiger partial charge >= 0.3 is 0 Å². The predicted molar refractivity (Wildman–Crippen MR) is 73.6 cm³/mol. The van der Waals surface area contributed by atoms with E-state index in [1.54, 1.807) is 13.2 Å². The van der Waals surface area contributed by atoms with Gasteiger partial charge < -0.3 is 14.8 Å². The first-order valence-corrected chi connectivity index (χ1v) is 6.16. The molecule has 2 aromatic rings. The molecule has 1 heterocycles. The van der Waals surface area contributed by atoms with Crippen LogP contribution >= 0.6 is 0 Å². The summed E-state index contributed by atoms with van der Waals surface area (Å²) in [5.41, 5.74) is 0. The quantitative estimate of drug-likeness (QED) is 0.774. The van der Waals surface area contributed by atoms with Crippen molar-refractivity contribution in [1.82, 2.24) is 9.97 Å². The zero-order valence-corrected chi connectivity index (χ0v) is 10.9. The highest BCUT2D eigenvalue weighted by Crippen LogP contribution is 2.10. The van der Waals surface area contributed by atoms with E-state index in [0.29, 0.717) is 12.5 Å². The van der Waals surface area contributed by atoms with E-state index in [2.05, 4.69) is 15.3 Å². The standard InChI is InChI=1S/C14H17N3O2/c1-18-14-10-13(16-11-17-14)15-8-5-9-19-12-6-3-2-4-7-12/h2-4,6-7,10-11H,5,8-9H2,1H3,(H,15,16,17). The Balaban J connectivity index is 1.66. The lowest BCUT2D eigenvalue weighted by molar-refractivity contribution is 0.315. The number of rotatable bonds is 7. The number of ether oxygens (including phenoxy) is 2. The minimum Gasteiger partial charge on any atom is -0.494 e. The first-order chi connectivity index (χ1) is 9.38. The third kappa shape index (κ3) is 4.46. The Kier molecular flexibility index (Phi) is 4.98. The summed E-state index contributed by atoms with van der Waals surface area (Å²) >= 11 is 0. The van der Waals surface area contributed by atoms with E-state index in [4.69, 9.17) is 9.47 Å². The highest BCUT2D eigenvalue weighted by molar-refractivity contribution is 5.36. The molecule has 1 aromatic heterocycles. The highest BCUT2D eigenvalue weighted by atomic mass is 16.5. The van der Waals surface area contributed by atoms with E-state index in [1.165, 1.54) is 6.33 Å². The van der Waals surface area contributed by atoms with Gasteiger partial charge in [-0.1, -0.05) is 18.2 Å². The van der Waals surface area contributed by atoms with Gasteiger partial charge in [-0.25, -0.2) is 9.97 Å². The number of benzene rings is 1. The SMILES string of the molecule is COc1cc(NCCCOc2ccccc2)ncn1. The van der Waals surface area contributed by atoms with Crippen molar-refractivity contribution in [1.29, 1.82) is 0 Å². The zero-order valence-electron chi connectivity index (χ0n) is 10.9. The van der Waals surface area contributed by atoms with E-state index < -0.39 is 0 Å². The molecule has 0 amide bonds. The van der Waals surface area contributed by atoms with Gasteiger partial charge in [0.1, 0.15) is 17.9 Å². The van der Waals surface area contributed by atoms with Crippen molar-refractivity contribution in [3.63, 3.8) is 0 Å². The lowest BCUT2D eigenvalue weighted by atomic mass is 10.3. The second-order valence-electron chi connectivity index (χ2n) is 3.89. The molecular formula is C14H17N3O2. The summed E-state index contributed by atoms with van der Waals surface area (Å²) in [7, 11) is 1.58. The Morgan fingerprint density at radius 3 is 2.79 bits per heavy atom. The molecule has 100 valence electrons. The van der Waals surface area contributed by atoms with E-state index in [0.717, 1.165) is 24.5 Å². The highest BCUT2D eigenvalue weighted by Gasteiger charge is 1.97. The summed E-state index contributed by atoms with van der Waals surface area (Å²) in [4.78, 5) is 8.04. The smallest absolute Gasteiger partial charge is 0.218 e. The van der Waals surface area contributed by atoms with Crippen molar-refractivity contribution in [3.8, 4) is 11.6 Å². The molecule has 0 radical (unpaired) electrons. The molecule has 0 aliphatic carbocycles. The van der Waals surface area contributed by atoms with Crippen molar-refractivity contribution >= 4 is 5.82 Å². The van der Waals surface area contributed by atoms with Crippen LogP contribution in [0, 0.1) is 0 Å². The molecule has 0 saturated heterocycles. The average molecular weight is 259 g/mol. The zero-order chi connectivity index (χ0) is 13.3. The van der Waals surface area contributed by atoms with Crippen LogP contribution in [-0.4, -0.2) is 30.2 Å². The largest absolute Gasteiger partial charge is 0.494 e. The van der Waals surface area contributed by atoms with Gasteiger partial charge in [0.25, 0.3) is 0 Å². The molecule has 0 unspecified atom stereocenters. The average Bonchev–Trinajstić information content (AvgIpc) is 2.48. The lowest BCUT2D eigenvalue weighted by Crippen LogP contribution is -2.08. The number of nitrogens with zero attached hydrogens (tertiary/aromatic N) is 2. The second-order valence-corrected chi connectivity index (χ2v) is 3.89. The summed E-state index contributed by atoms with van der Waals surface area (Å²) < 4.78 is 10.6. The third-order valence-electron chi connectivity index (χ3n) is 2.49. The first-order valence-electron chi connectivity index (χ1n) is 6.16. The molecule has 5 nitrogen and oxygen atoms in total. The van der Waals surface area contributed by atoms with Gasteiger partial charge in [-0.3, -0.25) is 0 Å². The molecule has 0 fully saturated rings. The van der Waals surface area contributed by atoms with Crippen LogP contribution in [0.4, 0.5) is 5.82 Å². The van der Waals surface area contributed by atoms with E-state index in [1.807, 2.05) is 30.3 Å². The number of methoxy groups -OCH3 is 1. The number of aromatic nitrogens is 2. The molecule has 0 aliphatic rings. The monoisotopic (exact) mass is 259 g/mol. The van der Waals surface area contributed by atoms with Gasteiger partial charge in [0.15, 0.2) is 0 Å². The molecule has 5 heteroatoms. The Morgan fingerprint density at radius 2 is 2.00 bits per heavy atom. The van der Waals surface area contributed by atoms with Crippen molar-refractivity contribution in [2.75, 3.05) is 25.6 Å². The fraction of sp³-hybridized carbons (Fsp3) is 0.286. The maximum absolute atomic E-state index is 5.59. The topological polar surface area (TPSA) is 56.3 Å². The van der Waals surface area contributed by atoms with Gasteiger partial charge in [0.05, 0.1) is 13.7 Å². The fourth-order valence-corrected chi connectivity index (χ4v) is 1.54. The van der Waals surface area contributed by atoms with Crippen LogP contribution in [0.25, 0.3) is 0 Å². The Hall–Kier alpha value is -2.30. The van der Waals surface area contributed by atoms with Crippen molar-refractivity contribution in [2.45, 2.75) is 6.42 Å². The minimum atomic E-state index is 0.554. The predicted octanol–water partition coefficient (Wildman–Crippen LogP) is 2.37. The summed E-state index contributed by atoms with van der Waals surface area (Å²) in [5, 5.41) is 3.19. The normalized spacial score (nSPS) is 9.95. The first kappa shape index (κ1) is 13.1. The van der Waals surface area contributed by atoms with Gasteiger partial charge in [0.2, 0.25) is 5.88 Å². The van der Waals surface area contributed by atoms with Crippen LogP contribution < -0.4 is 14.8 Å². The summed E-state index contributed by atoms with van der Waals surface area (Å²) in [6.45, 7) is 1.45. The van der Waals surface area contributed by atoms with Crippen LogP contribution in [0.2, 0.25) is 0 Å². The Bertz CT molecular complexity index is 491. The van der Waals surface area contributed by atoms with Crippen LogP contribution in [0.3, 0.4) is 0 Å². The maximum Gasteiger partial charge on any atom is 0.218 e. The maximum atomic E-state index is 5.59. The molecule has 0 spiro atoms. The molecule has 0 saturated carbocycles. The molecule has 0 atom stereocenters. The van der Waals surface area contributed by atoms with Crippen molar-refractivity contribution in [2.24, 2.45) is 0 Å². The minimum absolute atomic E-state index is 0.554. The Labute approximate surface area is 112 Å². The third-order valence-corrected chi connectivity index (χ3v) is 2.49. The number of hydrogen-bond acceptors (Lipinski definition) is 5. The van der Waals surface area contributed by atoms with Gasteiger partial charge in [-0.2, -0.15) is 0 Å². The summed E-state index contributed by atoms with van der Waals surface area (Å²) in [6.07, 6.45) is 2.36. The molecule has 1 aromatic carbocycles. The van der Waals surface area contributed by atoms with E-state index >= 15 is 0 Å². The second kappa shape index (κ2) is 7.20. The van der Waals surface area contributed by atoms with Crippen LogP contribution in [0.1, 0.15) is 6.42 Å².